The number of thiophene rings is 1. The van der Waals surface area contributed by atoms with Crippen molar-refractivity contribution in [2.75, 3.05) is 6.54 Å². The second-order valence-electron chi connectivity index (χ2n) is 7.81. The van der Waals surface area contributed by atoms with Gasteiger partial charge in [0.15, 0.2) is 5.82 Å². The standard InChI is InChI=1S/C25H21N7S/c1-2-26-12-15-10-17(14-27-13-15)16-5-6-19-18(11-16)22(32-31-19)25-29-20-7-8-28-24(23(20)30-25)21-4-3-9-33-21/h3-11,13-14,26H,2,12H2,1H3,(H,29,30)(H,31,32). The molecule has 0 saturated carbocycles. The van der Waals surface area contributed by atoms with Crippen molar-refractivity contribution in [3.05, 3.63) is 72.0 Å². The minimum Gasteiger partial charge on any atom is -0.336 e. The van der Waals surface area contributed by atoms with Gasteiger partial charge in [-0.3, -0.25) is 15.1 Å². The van der Waals surface area contributed by atoms with Crippen LogP contribution in [0.15, 0.2) is 66.4 Å². The Morgan fingerprint density at radius 2 is 1.97 bits per heavy atom. The molecule has 6 aromatic rings. The molecule has 0 bridgehead atoms. The molecule has 0 aliphatic heterocycles. The molecular formula is C25H21N7S. The lowest BCUT2D eigenvalue weighted by atomic mass is 10.0. The lowest BCUT2D eigenvalue weighted by Crippen LogP contribution is -2.11. The molecule has 7 nitrogen and oxygen atoms in total. The summed E-state index contributed by atoms with van der Waals surface area (Å²) in [4.78, 5) is 18.4. The zero-order valence-electron chi connectivity index (χ0n) is 18.0. The second-order valence-corrected chi connectivity index (χ2v) is 8.76. The van der Waals surface area contributed by atoms with Crippen LogP contribution in [0.1, 0.15) is 12.5 Å². The largest absolute Gasteiger partial charge is 0.336 e. The summed E-state index contributed by atoms with van der Waals surface area (Å²) < 4.78 is 0. The molecule has 6 rings (SSSR count). The minimum absolute atomic E-state index is 0.721. The average Bonchev–Trinajstić information content (AvgIpc) is 3.61. The number of benzene rings is 1. The van der Waals surface area contributed by atoms with Crippen molar-refractivity contribution in [1.82, 2.24) is 35.5 Å². The first-order valence-electron chi connectivity index (χ1n) is 10.8. The number of H-pyrrole nitrogens is 2. The molecule has 5 heterocycles. The van der Waals surface area contributed by atoms with Crippen LogP contribution in [0.3, 0.4) is 0 Å². The number of aromatic nitrogens is 6. The van der Waals surface area contributed by atoms with E-state index in [2.05, 4.69) is 67.7 Å². The summed E-state index contributed by atoms with van der Waals surface area (Å²) >= 11 is 1.66. The minimum atomic E-state index is 0.721. The van der Waals surface area contributed by atoms with Gasteiger partial charge in [0, 0.05) is 36.1 Å². The molecule has 0 atom stereocenters. The fraction of sp³-hybridized carbons (Fsp3) is 0.120. The number of hydrogen-bond acceptors (Lipinski definition) is 6. The molecule has 0 amide bonds. The van der Waals surface area contributed by atoms with Gasteiger partial charge in [-0.15, -0.1) is 11.3 Å². The molecule has 33 heavy (non-hydrogen) atoms. The van der Waals surface area contributed by atoms with Crippen LogP contribution >= 0.6 is 11.3 Å². The van der Waals surface area contributed by atoms with Gasteiger partial charge in [-0.1, -0.05) is 19.1 Å². The van der Waals surface area contributed by atoms with E-state index in [1.807, 2.05) is 36.1 Å². The molecule has 1 aromatic carbocycles. The number of nitrogens with zero attached hydrogens (tertiary/aromatic N) is 4. The molecular weight excluding hydrogens is 430 g/mol. The number of pyridine rings is 2. The molecule has 0 aliphatic carbocycles. The van der Waals surface area contributed by atoms with Gasteiger partial charge in [-0.2, -0.15) is 5.10 Å². The summed E-state index contributed by atoms with van der Waals surface area (Å²) in [5.41, 5.74) is 7.75. The zero-order chi connectivity index (χ0) is 22.2. The normalized spacial score (nSPS) is 11.5. The number of imidazole rings is 1. The van der Waals surface area contributed by atoms with Gasteiger partial charge in [0.1, 0.15) is 16.9 Å². The third-order valence-corrected chi connectivity index (χ3v) is 6.53. The van der Waals surface area contributed by atoms with Crippen LogP contribution in [0.4, 0.5) is 0 Å². The quantitative estimate of drug-likeness (QED) is 0.315. The Labute approximate surface area is 194 Å². The van der Waals surface area contributed by atoms with E-state index < -0.39 is 0 Å². The Morgan fingerprint density at radius 3 is 2.85 bits per heavy atom. The van der Waals surface area contributed by atoms with E-state index in [0.717, 1.165) is 73.8 Å². The van der Waals surface area contributed by atoms with Crippen LogP contribution in [-0.2, 0) is 6.54 Å². The van der Waals surface area contributed by atoms with Crippen LogP contribution < -0.4 is 5.32 Å². The third kappa shape index (κ3) is 3.59. The van der Waals surface area contributed by atoms with Crippen LogP contribution in [0.2, 0.25) is 0 Å². The fourth-order valence-electron chi connectivity index (χ4n) is 4.03. The number of nitrogens with one attached hydrogen (secondary N) is 3. The smallest absolute Gasteiger partial charge is 0.159 e. The Bertz CT molecular complexity index is 1560. The molecule has 0 spiro atoms. The molecule has 0 saturated heterocycles. The maximum Gasteiger partial charge on any atom is 0.159 e. The Balaban J connectivity index is 1.44. The summed E-state index contributed by atoms with van der Waals surface area (Å²) in [5.74, 6) is 0.721. The monoisotopic (exact) mass is 451 g/mol. The van der Waals surface area contributed by atoms with Crippen molar-refractivity contribution in [1.29, 1.82) is 0 Å². The Morgan fingerprint density at radius 1 is 1.00 bits per heavy atom. The van der Waals surface area contributed by atoms with Crippen LogP contribution in [-0.4, -0.2) is 36.7 Å². The predicted molar refractivity (Wildman–Crippen MR) is 133 cm³/mol. The van der Waals surface area contributed by atoms with Crippen LogP contribution in [0, 0.1) is 0 Å². The average molecular weight is 452 g/mol. The summed E-state index contributed by atoms with van der Waals surface area (Å²) in [6, 6.07) is 14.5. The summed E-state index contributed by atoms with van der Waals surface area (Å²) in [6.07, 6.45) is 5.62. The molecule has 0 unspecified atom stereocenters. The molecule has 8 heteroatoms. The van der Waals surface area contributed by atoms with Crippen molar-refractivity contribution in [2.45, 2.75) is 13.5 Å². The molecule has 5 aromatic heterocycles. The van der Waals surface area contributed by atoms with Crippen molar-refractivity contribution in [3.63, 3.8) is 0 Å². The molecule has 0 aliphatic rings. The van der Waals surface area contributed by atoms with Crippen LogP contribution in [0.25, 0.3) is 55.2 Å². The SMILES string of the molecule is CCNCc1cncc(-c2ccc3[nH]nc(-c4nc5c(-c6cccs6)nccc5[nH]4)c3c2)c1. The first-order valence-corrected chi connectivity index (χ1v) is 11.7. The van der Waals surface area contributed by atoms with Crippen molar-refractivity contribution < 1.29 is 0 Å². The van der Waals surface area contributed by atoms with Crippen molar-refractivity contribution in [2.24, 2.45) is 0 Å². The van der Waals surface area contributed by atoms with E-state index in [-0.39, 0.29) is 0 Å². The van der Waals surface area contributed by atoms with E-state index >= 15 is 0 Å². The van der Waals surface area contributed by atoms with Gasteiger partial charge < -0.3 is 10.3 Å². The van der Waals surface area contributed by atoms with E-state index in [1.54, 1.807) is 11.3 Å². The molecule has 0 radical (unpaired) electrons. The Hall–Kier alpha value is -3.88. The fourth-order valence-corrected chi connectivity index (χ4v) is 4.75. The van der Waals surface area contributed by atoms with Gasteiger partial charge >= 0.3 is 0 Å². The predicted octanol–water partition coefficient (Wildman–Crippen LogP) is 5.40. The molecule has 162 valence electrons. The van der Waals surface area contributed by atoms with E-state index in [4.69, 9.17) is 4.98 Å². The van der Waals surface area contributed by atoms with E-state index in [0.29, 0.717) is 0 Å². The van der Waals surface area contributed by atoms with Gasteiger partial charge in [0.2, 0.25) is 0 Å². The summed E-state index contributed by atoms with van der Waals surface area (Å²) in [6.45, 7) is 3.83. The lowest BCUT2D eigenvalue weighted by Gasteiger charge is -2.06. The van der Waals surface area contributed by atoms with Gasteiger partial charge in [-0.05, 0) is 53.4 Å². The maximum absolute atomic E-state index is 4.90. The van der Waals surface area contributed by atoms with E-state index in [1.165, 1.54) is 0 Å². The number of fused-ring (bicyclic) bond motifs is 2. The highest BCUT2D eigenvalue weighted by Crippen LogP contribution is 2.33. The van der Waals surface area contributed by atoms with Gasteiger partial charge in [0.25, 0.3) is 0 Å². The van der Waals surface area contributed by atoms with Crippen molar-refractivity contribution in [3.8, 4) is 33.2 Å². The number of aromatic amines is 2. The first kappa shape index (κ1) is 19.8. The summed E-state index contributed by atoms with van der Waals surface area (Å²) in [5, 5.41) is 14.1. The Kier molecular flexibility index (Phi) is 4.93. The highest BCUT2D eigenvalue weighted by atomic mass is 32.1. The first-order chi connectivity index (χ1) is 16.3. The number of rotatable bonds is 6. The highest BCUT2D eigenvalue weighted by Gasteiger charge is 2.16. The lowest BCUT2D eigenvalue weighted by molar-refractivity contribution is 0.724. The number of hydrogen-bond donors (Lipinski definition) is 3. The molecule has 3 N–H and O–H groups in total. The third-order valence-electron chi connectivity index (χ3n) is 5.65. The second kappa shape index (κ2) is 8.23. The maximum atomic E-state index is 4.90. The van der Waals surface area contributed by atoms with Gasteiger partial charge in [-0.25, -0.2) is 4.98 Å². The zero-order valence-corrected chi connectivity index (χ0v) is 18.8. The summed E-state index contributed by atoms with van der Waals surface area (Å²) in [7, 11) is 0. The van der Waals surface area contributed by atoms with Crippen molar-refractivity contribution >= 4 is 33.3 Å². The van der Waals surface area contributed by atoms with Gasteiger partial charge in [0.05, 0.1) is 15.9 Å². The topological polar surface area (TPSA) is 95.2 Å². The van der Waals surface area contributed by atoms with E-state index in [9.17, 15) is 0 Å². The highest BCUT2D eigenvalue weighted by molar-refractivity contribution is 7.13. The van der Waals surface area contributed by atoms with Crippen LogP contribution in [0.5, 0.6) is 0 Å². The molecule has 0 fully saturated rings.